The van der Waals surface area contributed by atoms with Gasteiger partial charge < -0.3 is 14.0 Å². The van der Waals surface area contributed by atoms with Crippen LogP contribution in [0.4, 0.5) is 0 Å². The van der Waals surface area contributed by atoms with E-state index in [0.29, 0.717) is 29.9 Å². The third-order valence-electron chi connectivity index (χ3n) is 11.0. The first-order chi connectivity index (χ1) is 24.1. The van der Waals surface area contributed by atoms with E-state index in [1.54, 1.807) is 0 Å². The van der Waals surface area contributed by atoms with Crippen molar-refractivity contribution in [2.75, 3.05) is 6.61 Å². The van der Waals surface area contributed by atoms with Crippen LogP contribution >= 0.6 is 0 Å². The number of hydrogen-bond donors (Lipinski definition) is 0. The van der Waals surface area contributed by atoms with Crippen molar-refractivity contribution < 1.29 is 30.5 Å². The van der Waals surface area contributed by atoms with Crippen molar-refractivity contribution in [2.45, 2.75) is 93.0 Å². The molecular weight excluding hydrogens is 822 g/mol. The molecule has 0 amide bonds. The molecule has 1 atom stereocenters. The minimum Gasteiger partial charge on any atom is -0.518 e. The molecule has 6 aromatic rings. The minimum absolute atomic E-state index is 0. The number of aryl methyl sites for hydroxylation is 4. The third kappa shape index (κ3) is 5.81. The molecule has 2 aliphatic rings. The van der Waals surface area contributed by atoms with Gasteiger partial charge in [0.15, 0.2) is 0 Å². The summed E-state index contributed by atoms with van der Waals surface area (Å²) in [6.45, 7) is 25.1. The van der Waals surface area contributed by atoms with E-state index in [1.165, 1.54) is 49.8 Å². The van der Waals surface area contributed by atoms with Gasteiger partial charge in [0.25, 0.3) is 0 Å². The van der Waals surface area contributed by atoms with Crippen LogP contribution in [0, 0.1) is 45.7 Å². The number of aliphatic imine (C=N–C) groups is 1. The molecule has 0 bridgehead atoms. The number of fused-ring (bicyclic) bond motifs is 5. The first kappa shape index (κ1) is 36.2. The molecule has 0 aliphatic carbocycles. The second kappa shape index (κ2) is 12.7. The standard InChI is InChI=1S/C46H47N3O2.Pt/c1-25(2)38-24-50-44(48-38)31-18-30(41-28(5)15-26(3)16-29(41)6)19-33(20-31)51-40-23-39-36(17-27(40)4)46(10,11)37-22-32(45(7,8)9)21-35-34-13-12-14-47-43(34)49(39)42(35)37;/h12-19,21-22,25,38H,24H2,1-11H3;/q-2;+2/t38-;/m0./s1. The Labute approximate surface area is 322 Å². The van der Waals surface area contributed by atoms with Crippen LogP contribution in [-0.4, -0.2) is 28.1 Å². The van der Waals surface area contributed by atoms with Gasteiger partial charge in [-0.05, 0) is 83.5 Å². The summed E-state index contributed by atoms with van der Waals surface area (Å²) in [6, 6.07) is 27.4. The maximum Gasteiger partial charge on any atom is 2.00 e. The summed E-state index contributed by atoms with van der Waals surface area (Å²) in [5, 5.41) is 2.37. The zero-order valence-corrected chi connectivity index (χ0v) is 34.4. The van der Waals surface area contributed by atoms with Crippen molar-refractivity contribution in [1.82, 2.24) is 9.55 Å². The first-order valence-corrected chi connectivity index (χ1v) is 18.2. The van der Waals surface area contributed by atoms with Crippen LogP contribution < -0.4 is 4.74 Å². The summed E-state index contributed by atoms with van der Waals surface area (Å²) in [5.41, 5.74) is 14.4. The van der Waals surface area contributed by atoms with Gasteiger partial charge in [-0.15, -0.1) is 23.3 Å². The van der Waals surface area contributed by atoms with Crippen LogP contribution in [-0.2, 0) is 36.6 Å². The molecule has 5 nitrogen and oxygen atoms in total. The number of aromatic nitrogens is 2. The van der Waals surface area contributed by atoms with Crippen molar-refractivity contribution in [1.29, 1.82) is 0 Å². The fourth-order valence-corrected chi connectivity index (χ4v) is 8.11. The van der Waals surface area contributed by atoms with Gasteiger partial charge in [0.05, 0.1) is 18.2 Å². The second-order valence-corrected chi connectivity index (χ2v) is 16.6. The molecule has 4 aromatic carbocycles. The predicted molar refractivity (Wildman–Crippen MR) is 209 cm³/mol. The Morgan fingerprint density at radius 1 is 0.904 bits per heavy atom. The Balaban J connectivity index is 0.00000420. The van der Waals surface area contributed by atoms with Gasteiger partial charge >= 0.3 is 21.1 Å². The third-order valence-corrected chi connectivity index (χ3v) is 11.0. The largest absolute Gasteiger partial charge is 2.00 e. The summed E-state index contributed by atoms with van der Waals surface area (Å²) in [6.07, 6.45) is 1.88. The van der Waals surface area contributed by atoms with Crippen LogP contribution in [0.2, 0.25) is 0 Å². The number of rotatable bonds is 5. The summed E-state index contributed by atoms with van der Waals surface area (Å²) in [5.74, 6) is 2.27. The van der Waals surface area contributed by atoms with Crippen molar-refractivity contribution >= 4 is 27.8 Å². The average Bonchev–Trinajstić information content (AvgIpc) is 3.68. The monoisotopic (exact) mass is 868 g/mol. The van der Waals surface area contributed by atoms with Crippen molar-refractivity contribution in [2.24, 2.45) is 10.9 Å². The zero-order chi connectivity index (χ0) is 36.1. The smallest absolute Gasteiger partial charge is 0.518 e. The molecule has 8 rings (SSSR count). The van der Waals surface area contributed by atoms with Crippen LogP contribution in [0.1, 0.15) is 93.0 Å². The van der Waals surface area contributed by atoms with Crippen molar-refractivity contribution in [3.63, 3.8) is 0 Å². The zero-order valence-electron chi connectivity index (χ0n) is 32.1. The van der Waals surface area contributed by atoms with E-state index in [1.807, 2.05) is 12.3 Å². The number of nitrogens with zero attached hydrogens (tertiary/aromatic N) is 3. The Bertz CT molecular complexity index is 2420. The van der Waals surface area contributed by atoms with E-state index in [4.69, 9.17) is 19.5 Å². The summed E-state index contributed by atoms with van der Waals surface area (Å²) in [7, 11) is 0. The Kier molecular flexibility index (Phi) is 8.85. The van der Waals surface area contributed by atoms with Gasteiger partial charge in [0.2, 0.25) is 0 Å². The first-order valence-electron chi connectivity index (χ1n) is 18.2. The molecule has 0 saturated heterocycles. The topological polar surface area (TPSA) is 48.6 Å². The molecule has 0 fully saturated rings. The van der Waals surface area contributed by atoms with Crippen molar-refractivity contribution in [3.05, 3.63) is 117 Å². The molecule has 6 heteroatoms. The molecular formula is C46H47N3O2Pt. The van der Waals surface area contributed by atoms with E-state index in [-0.39, 0.29) is 37.9 Å². The molecule has 0 unspecified atom stereocenters. The molecule has 2 aliphatic heterocycles. The maximum atomic E-state index is 6.86. The van der Waals surface area contributed by atoms with Crippen molar-refractivity contribution in [3.8, 4) is 28.3 Å². The SMILES string of the molecule is Cc1cc(C)c(-c2cc(Oc3[c-]c4c(cc3C)C(C)(C)c3cc(C(C)(C)C)cc5c6cccnc6n-4c35)[c-]c(C3=N[C@H](C(C)C)CO3)c2)c(C)c1.[Pt+2]. The number of benzene rings is 4. The van der Waals surface area contributed by atoms with Gasteiger partial charge in [-0.2, -0.15) is 6.07 Å². The normalized spacial score (nSPS) is 16.2. The summed E-state index contributed by atoms with van der Waals surface area (Å²) < 4.78 is 15.3. The average molecular weight is 869 g/mol. The van der Waals surface area contributed by atoms with E-state index >= 15 is 0 Å². The second-order valence-electron chi connectivity index (χ2n) is 16.6. The Hall–Kier alpha value is -4.21. The van der Waals surface area contributed by atoms with Crippen LogP contribution in [0.5, 0.6) is 11.5 Å². The van der Waals surface area contributed by atoms with Gasteiger partial charge in [-0.25, -0.2) is 4.98 Å². The number of hydrogen-bond acceptors (Lipinski definition) is 4. The molecule has 268 valence electrons. The number of ether oxygens (including phenoxy) is 2. The van der Waals surface area contributed by atoms with Gasteiger partial charge in [-0.1, -0.05) is 108 Å². The minimum atomic E-state index is -0.274. The van der Waals surface area contributed by atoms with Crippen LogP contribution in [0.15, 0.2) is 65.8 Å². The molecule has 0 N–H and O–H groups in total. The Morgan fingerprint density at radius 2 is 1.63 bits per heavy atom. The quantitative estimate of drug-likeness (QED) is 0.162. The van der Waals surface area contributed by atoms with Crippen LogP contribution in [0.25, 0.3) is 38.8 Å². The molecule has 4 heterocycles. The molecule has 0 saturated carbocycles. The molecule has 0 spiro atoms. The maximum absolute atomic E-state index is 6.86. The van der Waals surface area contributed by atoms with E-state index < -0.39 is 0 Å². The Morgan fingerprint density at radius 3 is 2.31 bits per heavy atom. The fraction of sp³-hybridized carbons (Fsp3) is 0.348. The molecule has 52 heavy (non-hydrogen) atoms. The van der Waals surface area contributed by atoms with E-state index in [2.05, 4.69) is 141 Å². The van der Waals surface area contributed by atoms with Gasteiger partial charge in [0.1, 0.15) is 11.5 Å². The predicted octanol–water partition coefficient (Wildman–Crippen LogP) is 11.2. The summed E-state index contributed by atoms with van der Waals surface area (Å²) >= 11 is 0. The fourth-order valence-electron chi connectivity index (χ4n) is 8.11. The van der Waals surface area contributed by atoms with Gasteiger partial charge in [-0.3, -0.25) is 4.99 Å². The molecule has 0 radical (unpaired) electrons. The number of pyridine rings is 1. The van der Waals surface area contributed by atoms with E-state index in [9.17, 15) is 0 Å². The molecule has 2 aromatic heterocycles. The van der Waals surface area contributed by atoms with Crippen LogP contribution in [0.3, 0.4) is 0 Å². The van der Waals surface area contributed by atoms with Gasteiger partial charge in [0, 0.05) is 28.5 Å². The summed E-state index contributed by atoms with van der Waals surface area (Å²) in [4.78, 5) is 9.92. The van der Waals surface area contributed by atoms with E-state index in [0.717, 1.165) is 33.4 Å².